The van der Waals surface area contributed by atoms with Crippen molar-refractivity contribution in [2.24, 2.45) is 5.73 Å². The summed E-state index contributed by atoms with van der Waals surface area (Å²) in [6, 6.07) is 0.293. The van der Waals surface area contributed by atoms with Crippen molar-refractivity contribution in [2.75, 3.05) is 26.7 Å². The normalized spacial score (nSPS) is 30.7. The molecule has 2 N–H and O–H groups in total. The summed E-state index contributed by atoms with van der Waals surface area (Å²) in [6.07, 6.45) is 3.89. The molecule has 0 aromatic heterocycles. The smallest absolute Gasteiger partial charge is 0.242 e. The second-order valence-corrected chi connectivity index (χ2v) is 5.47. The van der Waals surface area contributed by atoms with Gasteiger partial charge in [-0.05, 0) is 46.2 Å². The number of nitrogens with zero attached hydrogens (tertiary/aromatic N) is 2. The summed E-state index contributed by atoms with van der Waals surface area (Å²) in [4.78, 5) is 16.7. The SMILES string of the molecule is CC1CN(C)CCCN1C(=O)C1(N)CCC1. The maximum absolute atomic E-state index is 12.4. The second kappa shape index (κ2) is 4.34. The highest BCUT2D eigenvalue weighted by Gasteiger charge is 2.43. The molecule has 0 radical (unpaired) electrons. The molecular weight excluding hydrogens is 202 g/mol. The molecule has 4 nitrogen and oxygen atoms in total. The minimum Gasteiger partial charge on any atom is -0.337 e. The Morgan fingerprint density at radius 3 is 2.56 bits per heavy atom. The van der Waals surface area contributed by atoms with Crippen LogP contribution in [0.15, 0.2) is 0 Å². The lowest BCUT2D eigenvalue weighted by atomic mass is 9.76. The van der Waals surface area contributed by atoms with Gasteiger partial charge in [0.1, 0.15) is 0 Å². The molecule has 0 aromatic rings. The molecule has 1 atom stereocenters. The molecule has 2 rings (SSSR count). The molecule has 1 aliphatic heterocycles. The Balaban J connectivity index is 2.04. The van der Waals surface area contributed by atoms with Crippen molar-refractivity contribution in [3.63, 3.8) is 0 Å². The van der Waals surface area contributed by atoms with Crippen molar-refractivity contribution in [3.05, 3.63) is 0 Å². The van der Waals surface area contributed by atoms with Crippen molar-refractivity contribution >= 4 is 5.91 Å². The zero-order chi connectivity index (χ0) is 11.8. The van der Waals surface area contributed by atoms with Gasteiger partial charge in [0.15, 0.2) is 0 Å². The Morgan fingerprint density at radius 2 is 2.00 bits per heavy atom. The monoisotopic (exact) mass is 225 g/mol. The number of amides is 1. The first-order chi connectivity index (χ1) is 7.53. The lowest BCUT2D eigenvalue weighted by molar-refractivity contribution is -0.142. The quantitative estimate of drug-likeness (QED) is 0.703. The molecule has 1 unspecified atom stereocenters. The standard InChI is InChI=1S/C12H23N3O/c1-10-9-14(2)7-4-8-15(10)11(16)12(13)5-3-6-12/h10H,3-9,13H2,1-2H3. The molecule has 0 bridgehead atoms. The largest absolute Gasteiger partial charge is 0.337 e. The average Bonchev–Trinajstić information content (AvgIpc) is 2.34. The molecule has 2 fully saturated rings. The van der Waals surface area contributed by atoms with Crippen molar-refractivity contribution in [3.8, 4) is 0 Å². The number of carbonyl (C=O) groups excluding carboxylic acids is 1. The Kier molecular flexibility index (Phi) is 3.22. The Bertz CT molecular complexity index is 275. The zero-order valence-electron chi connectivity index (χ0n) is 10.4. The first-order valence-electron chi connectivity index (χ1n) is 6.31. The van der Waals surface area contributed by atoms with E-state index in [0.29, 0.717) is 6.04 Å². The van der Waals surface area contributed by atoms with Gasteiger partial charge in [-0.15, -0.1) is 0 Å². The minimum absolute atomic E-state index is 0.182. The van der Waals surface area contributed by atoms with Crippen molar-refractivity contribution in [1.82, 2.24) is 9.80 Å². The average molecular weight is 225 g/mol. The Labute approximate surface area is 97.8 Å². The van der Waals surface area contributed by atoms with Gasteiger partial charge in [0.2, 0.25) is 5.91 Å². The third kappa shape index (κ3) is 2.09. The highest BCUT2D eigenvalue weighted by Crippen LogP contribution is 2.31. The van der Waals surface area contributed by atoms with Crippen LogP contribution in [-0.4, -0.2) is 54.0 Å². The number of carbonyl (C=O) groups is 1. The summed E-state index contributed by atoms with van der Waals surface area (Å²) >= 11 is 0. The molecule has 4 heteroatoms. The fourth-order valence-electron chi connectivity index (χ4n) is 2.73. The molecule has 1 amide bonds. The third-order valence-electron chi connectivity index (χ3n) is 3.98. The van der Waals surface area contributed by atoms with Gasteiger partial charge in [0.25, 0.3) is 0 Å². The van der Waals surface area contributed by atoms with E-state index in [2.05, 4.69) is 18.9 Å². The lowest BCUT2D eigenvalue weighted by Crippen LogP contribution is -2.61. The third-order valence-corrected chi connectivity index (χ3v) is 3.98. The van der Waals surface area contributed by atoms with Crippen LogP contribution in [0.5, 0.6) is 0 Å². The number of hydrogen-bond acceptors (Lipinski definition) is 3. The van der Waals surface area contributed by atoms with Gasteiger partial charge in [0.05, 0.1) is 5.54 Å². The van der Waals surface area contributed by atoms with E-state index in [9.17, 15) is 4.79 Å². The number of likely N-dealkylation sites (N-methyl/N-ethyl adjacent to an activating group) is 1. The predicted molar refractivity (Wildman–Crippen MR) is 64.1 cm³/mol. The van der Waals surface area contributed by atoms with Crippen molar-refractivity contribution in [1.29, 1.82) is 0 Å². The lowest BCUT2D eigenvalue weighted by Gasteiger charge is -2.42. The molecule has 0 spiro atoms. The predicted octanol–water partition coefficient (Wildman–Crippen LogP) is 0.420. The van der Waals surface area contributed by atoms with Gasteiger partial charge in [-0.25, -0.2) is 0 Å². The summed E-state index contributed by atoms with van der Waals surface area (Å²) in [5.74, 6) is 0.182. The first-order valence-corrected chi connectivity index (χ1v) is 6.31. The molecule has 1 saturated carbocycles. The summed E-state index contributed by atoms with van der Waals surface area (Å²) in [7, 11) is 2.12. The first kappa shape index (κ1) is 11.9. The van der Waals surface area contributed by atoms with Gasteiger partial charge >= 0.3 is 0 Å². The van der Waals surface area contributed by atoms with Gasteiger partial charge in [0, 0.05) is 19.1 Å². The summed E-state index contributed by atoms with van der Waals surface area (Å²) in [5.41, 5.74) is 5.59. The highest BCUT2D eigenvalue weighted by molar-refractivity contribution is 5.87. The second-order valence-electron chi connectivity index (χ2n) is 5.47. The van der Waals surface area contributed by atoms with E-state index in [0.717, 1.165) is 45.3 Å². The van der Waals surface area contributed by atoms with E-state index in [-0.39, 0.29) is 5.91 Å². The van der Waals surface area contributed by atoms with Crippen LogP contribution in [0.25, 0.3) is 0 Å². The molecule has 16 heavy (non-hydrogen) atoms. The molecule has 92 valence electrons. The fraction of sp³-hybridized carbons (Fsp3) is 0.917. The van der Waals surface area contributed by atoms with Crippen LogP contribution in [0.3, 0.4) is 0 Å². The summed E-state index contributed by atoms with van der Waals surface area (Å²) in [5, 5.41) is 0. The summed E-state index contributed by atoms with van der Waals surface area (Å²) in [6.45, 7) is 5.03. The van der Waals surface area contributed by atoms with Crippen LogP contribution < -0.4 is 5.73 Å². The van der Waals surface area contributed by atoms with E-state index in [1.165, 1.54) is 0 Å². The van der Waals surface area contributed by atoms with Crippen molar-refractivity contribution in [2.45, 2.75) is 44.2 Å². The van der Waals surface area contributed by atoms with Crippen LogP contribution in [0.4, 0.5) is 0 Å². The van der Waals surface area contributed by atoms with Crippen molar-refractivity contribution < 1.29 is 4.79 Å². The highest BCUT2D eigenvalue weighted by atomic mass is 16.2. The number of hydrogen-bond donors (Lipinski definition) is 1. The number of nitrogens with two attached hydrogens (primary N) is 1. The molecule has 1 aliphatic carbocycles. The number of rotatable bonds is 1. The maximum Gasteiger partial charge on any atom is 0.242 e. The fourth-order valence-corrected chi connectivity index (χ4v) is 2.73. The molecule has 1 heterocycles. The van der Waals surface area contributed by atoms with Gasteiger partial charge < -0.3 is 15.5 Å². The Hall–Kier alpha value is -0.610. The van der Waals surface area contributed by atoms with Crippen LogP contribution in [-0.2, 0) is 4.79 Å². The van der Waals surface area contributed by atoms with Crippen LogP contribution in [0.2, 0.25) is 0 Å². The van der Waals surface area contributed by atoms with E-state index in [4.69, 9.17) is 5.73 Å². The molecule has 2 aliphatic rings. The van der Waals surface area contributed by atoms with Crippen LogP contribution in [0.1, 0.15) is 32.6 Å². The van der Waals surface area contributed by atoms with E-state index in [1.807, 2.05) is 4.90 Å². The van der Waals surface area contributed by atoms with Gasteiger partial charge in [-0.1, -0.05) is 0 Å². The Morgan fingerprint density at radius 1 is 1.31 bits per heavy atom. The van der Waals surface area contributed by atoms with Gasteiger partial charge in [-0.2, -0.15) is 0 Å². The van der Waals surface area contributed by atoms with Gasteiger partial charge in [-0.3, -0.25) is 4.79 Å². The summed E-state index contributed by atoms with van der Waals surface area (Å²) < 4.78 is 0. The van der Waals surface area contributed by atoms with E-state index < -0.39 is 5.54 Å². The minimum atomic E-state index is -0.531. The van der Waals surface area contributed by atoms with E-state index >= 15 is 0 Å². The molecular formula is C12H23N3O. The van der Waals surface area contributed by atoms with Crippen LogP contribution >= 0.6 is 0 Å². The molecule has 1 saturated heterocycles. The zero-order valence-corrected chi connectivity index (χ0v) is 10.4. The topological polar surface area (TPSA) is 49.6 Å². The molecule has 0 aromatic carbocycles. The maximum atomic E-state index is 12.4. The van der Waals surface area contributed by atoms with Crippen LogP contribution in [0, 0.1) is 0 Å². The van der Waals surface area contributed by atoms with E-state index in [1.54, 1.807) is 0 Å².